The van der Waals surface area contributed by atoms with Crippen LogP contribution in [-0.2, 0) is 0 Å². The molecule has 0 spiro atoms. The van der Waals surface area contributed by atoms with Gasteiger partial charge in [-0.15, -0.1) is 0 Å². The van der Waals surface area contributed by atoms with Gasteiger partial charge in [0.05, 0.1) is 11.7 Å². The third kappa shape index (κ3) is 5.07. The normalized spacial score (nSPS) is 35.2. The molecule has 5 atom stereocenters. The Morgan fingerprint density at radius 2 is 2.00 bits per heavy atom. The molecule has 0 heterocycles. The summed E-state index contributed by atoms with van der Waals surface area (Å²) >= 11 is 0. The van der Waals surface area contributed by atoms with Gasteiger partial charge in [-0.25, -0.2) is 0 Å². The highest BCUT2D eigenvalue weighted by Gasteiger charge is 2.54. The van der Waals surface area contributed by atoms with Crippen LogP contribution in [0.5, 0.6) is 0 Å². The van der Waals surface area contributed by atoms with Gasteiger partial charge in [0.25, 0.3) is 0 Å². The van der Waals surface area contributed by atoms with Crippen molar-refractivity contribution in [3.05, 3.63) is 34.9 Å². The summed E-state index contributed by atoms with van der Waals surface area (Å²) in [6.07, 6.45) is 17.5. The Morgan fingerprint density at radius 3 is 2.72 bits per heavy atom. The standard InChI is InChI=1S/C27H44O2/c1-19(2)8-6-17-27(5,29)25-15-14-24-21(9-7-16-26(24,25)4)11-12-22-18-23(28)13-10-20(22)3/h9,11-12,19,23-25,28-29H,6-8,10,13-18H2,1-5H3/b12-11+/t23-,24-,25-,26-,27-/m0/s1. The molecular weight excluding hydrogens is 356 g/mol. The van der Waals surface area contributed by atoms with Crippen LogP contribution in [0.25, 0.3) is 0 Å². The van der Waals surface area contributed by atoms with Gasteiger partial charge in [0.1, 0.15) is 0 Å². The van der Waals surface area contributed by atoms with E-state index in [9.17, 15) is 10.2 Å². The van der Waals surface area contributed by atoms with Crippen LogP contribution in [0.3, 0.4) is 0 Å². The summed E-state index contributed by atoms with van der Waals surface area (Å²) in [5.41, 5.74) is 3.87. The molecule has 3 aliphatic carbocycles. The van der Waals surface area contributed by atoms with Crippen molar-refractivity contribution in [1.29, 1.82) is 0 Å². The van der Waals surface area contributed by atoms with Crippen LogP contribution in [0, 0.1) is 23.2 Å². The van der Waals surface area contributed by atoms with E-state index in [1.54, 1.807) is 0 Å². The summed E-state index contributed by atoms with van der Waals surface area (Å²) in [6, 6.07) is 0. The van der Waals surface area contributed by atoms with Crippen LogP contribution >= 0.6 is 0 Å². The van der Waals surface area contributed by atoms with Crippen molar-refractivity contribution >= 4 is 0 Å². The molecule has 3 aliphatic rings. The van der Waals surface area contributed by atoms with Crippen molar-refractivity contribution in [3.63, 3.8) is 0 Å². The summed E-state index contributed by atoms with van der Waals surface area (Å²) in [4.78, 5) is 0. The number of allylic oxidation sites excluding steroid dienone is 5. The van der Waals surface area contributed by atoms with Gasteiger partial charge in [-0.2, -0.15) is 0 Å². The lowest BCUT2D eigenvalue weighted by Crippen LogP contribution is -2.44. The summed E-state index contributed by atoms with van der Waals surface area (Å²) in [7, 11) is 0. The number of aliphatic hydroxyl groups excluding tert-OH is 1. The second kappa shape index (κ2) is 9.10. The minimum Gasteiger partial charge on any atom is -0.393 e. The molecule has 0 unspecified atom stereocenters. The van der Waals surface area contributed by atoms with Gasteiger partial charge >= 0.3 is 0 Å². The molecule has 0 bridgehead atoms. The van der Waals surface area contributed by atoms with Crippen LogP contribution in [0.15, 0.2) is 34.9 Å². The topological polar surface area (TPSA) is 40.5 Å². The summed E-state index contributed by atoms with van der Waals surface area (Å²) in [6.45, 7) is 11.3. The smallest absolute Gasteiger partial charge is 0.0653 e. The Kier molecular flexibility index (Phi) is 7.16. The van der Waals surface area contributed by atoms with Crippen molar-refractivity contribution < 1.29 is 10.2 Å². The van der Waals surface area contributed by atoms with E-state index in [2.05, 4.69) is 52.8 Å². The van der Waals surface area contributed by atoms with E-state index < -0.39 is 5.60 Å². The third-order valence-electron chi connectivity index (χ3n) is 8.35. The van der Waals surface area contributed by atoms with Gasteiger partial charge in [0.15, 0.2) is 0 Å². The summed E-state index contributed by atoms with van der Waals surface area (Å²) < 4.78 is 0. The average Bonchev–Trinajstić information content (AvgIpc) is 3.00. The van der Waals surface area contributed by atoms with Gasteiger partial charge in [-0.1, -0.05) is 57.4 Å². The minimum absolute atomic E-state index is 0.180. The molecule has 2 heteroatoms. The van der Waals surface area contributed by atoms with Crippen LogP contribution < -0.4 is 0 Å². The quantitative estimate of drug-likeness (QED) is 0.497. The second-order valence-corrected chi connectivity index (χ2v) is 11.1. The van der Waals surface area contributed by atoms with Crippen molar-refractivity contribution in [2.45, 2.75) is 111 Å². The van der Waals surface area contributed by atoms with Crippen molar-refractivity contribution in [1.82, 2.24) is 0 Å². The molecule has 0 aromatic rings. The lowest BCUT2D eigenvalue weighted by atomic mass is 9.60. The number of hydrogen-bond acceptors (Lipinski definition) is 2. The van der Waals surface area contributed by atoms with Crippen molar-refractivity contribution in [2.24, 2.45) is 23.2 Å². The molecule has 0 aromatic heterocycles. The van der Waals surface area contributed by atoms with Crippen LogP contribution in [-0.4, -0.2) is 21.9 Å². The fourth-order valence-electron chi connectivity index (χ4n) is 6.55. The molecule has 2 nitrogen and oxygen atoms in total. The molecule has 0 radical (unpaired) electrons. The highest BCUT2D eigenvalue weighted by molar-refractivity contribution is 5.36. The number of hydrogen-bond donors (Lipinski definition) is 2. The van der Waals surface area contributed by atoms with Gasteiger partial charge in [0.2, 0.25) is 0 Å². The Balaban J connectivity index is 1.72. The molecule has 1 saturated carbocycles. The first-order chi connectivity index (χ1) is 13.6. The molecule has 0 aromatic carbocycles. The van der Waals surface area contributed by atoms with E-state index >= 15 is 0 Å². The Labute approximate surface area is 179 Å². The first kappa shape index (κ1) is 22.8. The number of rotatable bonds is 7. The van der Waals surface area contributed by atoms with E-state index in [4.69, 9.17) is 0 Å². The van der Waals surface area contributed by atoms with Crippen molar-refractivity contribution in [2.75, 3.05) is 0 Å². The van der Waals surface area contributed by atoms with Gasteiger partial charge in [0, 0.05) is 0 Å². The molecule has 0 amide bonds. The summed E-state index contributed by atoms with van der Waals surface area (Å²) in [5, 5.41) is 21.5. The first-order valence-corrected chi connectivity index (χ1v) is 12.1. The minimum atomic E-state index is -0.558. The molecule has 0 saturated heterocycles. The molecule has 164 valence electrons. The fraction of sp³-hybridized carbons (Fsp3) is 0.778. The zero-order valence-electron chi connectivity index (χ0n) is 19.5. The monoisotopic (exact) mass is 400 g/mol. The van der Waals surface area contributed by atoms with E-state index in [1.807, 2.05) is 0 Å². The third-order valence-corrected chi connectivity index (χ3v) is 8.35. The highest BCUT2D eigenvalue weighted by Crippen LogP contribution is 2.59. The Morgan fingerprint density at radius 1 is 1.24 bits per heavy atom. The number of aliphatic hydroxyl groups is 2. The molecule has 0 aliphatic heterocycles. The largest absolute Gasteiger partial charge is 0.393 e. The Bertz CT molecular complexity index is 666. The molecule has 29 heavy (non-hydrogen) atoms. The molecule has 2 N–H and O–H groups in total. The van der Waals surface area contributed by atoms with Gasteiger partial charge < -0.3 is 10.2 Å². The SMILES string of the molecule is CC1=C(/C=C/C2=CCC[C@@]3(C)[C@H]2CC[C@@H]3[C@@](C)(O)CCCC(C)C)C[C@@H](O)CC1. The zero-order chi connectivity index (χ0) is 21.2. The number of fused-ring (bicyclic) bond motifs is 1. The molecule has 1 fully saturated rings. The van der Waals surface area contributed by atoms with Crippen LogP contribution in [0.4, 0.5) is 0 Å². The summed E-state index contributed by atoms with van der Waals surface area (Å²) in [5.74, 6) is 1.66. The average molecular weight is 401 g/mol. The van der Waals surface area contributed by atoms with Crippen LogP contribution in [0.2, 0.25) is 0 Å². The maximum Gasteiger partial charge on any atom is 0.0653 e. The van der Waals surface area contributed by atoms with E-state index in [-0.39, 0.29) is 11.5 Å². The predicted octanol–water partition coefficient (Wildman–Crippen LogP) is 6.73. The van der Waals surface area contributed by atoms with E-state index in [1.165, 1.54) is 36.0 Å². The molecule has 3 rings (SSSR count). The lowest BCUT2D eigenvalue weighted by molar-refractivity contribution is -0.0627. The van der Waals surface area contributed by atoms with Gasteiger partial charge in [-0.05, 0) is 99.5 Å². The lowest BCUT2D eigenvalue weighted by Gasteiger charge is -2.46. The zero-order valence-corrected chi connectivity index (χ0v) is 19.5. The second-order valence-electron chi connectivity index (χ2n) is 11.1. The maximum absolute atomic E-state index is 11.4. The first-order valence-electron chi connectivity index (χ1n) is 12.1. The molecular formula is C27H44O2. The van der Waals surface area contributed by atoms with Crippen LogP contribution in [0.1, 0.15) is 98.8 Å². The fourth-order valence-corrected chi connectivity index (χ4v) is 6.55. The van der Waals surface area contributed by atoms with Crippen molar-refractivity contribution in [3.8, 4) is 0 Å². The Hall–Kier alpha value is -0.860. The van der Waals surface area contributed by atoms with E-state index in [0.29, 0.717) is 17.8 Å². The van der Waals surface area contributed by atoms with E-state index in [0.717, 1.165) is 44.9 Å². The predicted molar refractivity (Wildman–Crippen MR) is 123 cm³/mol. The highest BCUT2D eigenvalue weighted by atomic mass is 16.3. The maximum atomic E-state index is 11.4. The van der Waals surface area contributed by atoms with Gasteiger partial charge in [-0.3, -0.25) is 0 Å².